The minimum absolute atomic E-state index is 0.0210. The van der Waals surface area contributed by atoms with Gasteiger partial charge >= 0.3 is 5.97 Å². The summed E-state index contributed by atoms with van der Waals surface area (Å²) in [7, 11) is 1.30. The summed E-state index contributed by atoms with van der Waals surface area (Å²) in [5, 5.41) is 2.75. The van der Waals surface area contributed by atoms with Crippen molar-refractivity contribution in [1.29, 1.82) is 0 Å². The molecule has 0 aromatic heterocycles. The first-order valence-electron chi connectivity index (χ1n) is 8.44. The third kappa shape index (κ3) is 4.43. The molecule has 130 valence electrons. The Morgan fingerprint density at radius 2 is 2.09 bits per heavy atom. The van der Waals surface area contributed by atoms with E-state index in [4.69, 9.17) is 0 Å². The van der Waals surface area contributed by atoms with Crippen LogP contribution in [0.1, 0.15) is 39.0 Å². The molecule has 2 aliphatic heterocycles. The maximum atomic E-state index is 12.7. The number of likely N-dealkylation sites (tertiary alicyclic amines) is 1. The Morgan fingerprint density at radius 3 is 2.78 bits per heavy atom. The summed E-state index contributed by atoms with van der Waals surface area (Å²) >= 11 is 0. The molecule has 2 aliphatic rings. The monoisotopic (exact) mass is 325 g/mol. The summed E-state index contributed by atoms with van der Waals surface area (Å²) in [6, 6.07) is -0.320. The molecule has 2 saturated heterocycles. The first-order valence-corrected chi connectivity index (χ1v) is 8.44. The van der Waals surface area contributed by atoms with E-state index in [1.54, 1.807) is 4.90 Å². The Bertz CT molecular complexity index is 455. The number of ether oxygens (including phenoxy) is 1. The van der Waals surface area contributed by atoms with E-state index in [-0.39, 0.29) is 24.8 Å². The molecular weight excluding hydrogens is 298 g/mol. The van der Waals surface area contributed by atoms with Crippen LogP contribution >= 0.6 is 0 Å². The van der Waals surface area contributed by atoms with Crippen LogP contribution < -0.4 is 5.32 Å². The zero-order valence-electron chi connectivity index (χ0n) is 14.0. The first kappa shape index (κ1) is 17.7. The minimum Gasteiger partial charge on any atom is -0.469 e. The Labute approximate surface area is 137 Å². The molecule has 0 saturated carbocycles. The number of carbonyl (C=O) groups is 3. The van der Waals surface area contributed by atoms with E-state index in [0.29, 0.717) is 19.1 Å². The summed E-state index contributed by atoms with van der Waals surface area (Å²) in [6.45, 7) is 4.15. The highest BCUT2D eigenvalue weighted by atomic mass is 16.5. The van der Waals surface area contributed by atoms with Crippen LogP contribution in [0, 0.1) is 0 Å². The van der Waals surface area contributed by atoms with Gasteiger partial charge in [0.25, 0.3) is 0 Å². The predicted molar refractivity (Wildman–Crippen MR) is 84.6 cm³/mol. The second-order valence-electron chi connectivity index (χ2n) is 6.20. The average molecular weight is 325 g/mol. The Morgan fingerprint density at radius 1 is 1.30 bits per heavy atom. The fraction of sp³-hybridized carbons (Fsp3) is 0.812. The molecule has 0 radical (unpaired) electrons. The van der Waals surface area contributed by atoms with Crippen molar-refractivity contribution >= 4 is 17.8 Å². The zero-order chi connectivity index (χ0) is 16.8. The van der Waals surface area contributed by atoms with Crippen molar-refractivity contribution in [3.05, 3.63) is 0 Å². The second-order valence-corrected chi connectivity index (χ2v) is 6.20. The smallest absolute Gasteiger partial charge is 0.307 e. The lowest BCUT2D eigenvalue weighted by atomic mass is 9.99. The summed E-state index contributed by atoms with van der Waals surface area (Å²) in [6.07, 6.45) is 4.19. The molecule has 0 aromatic carbocycles. The van der Waals surface area contributed by atoms with E-state index in [2.05, 4.69) is 17.0 Å². The van der Waals surface area contributed by atoms with Crippen LogP contribution in [0.5, 0.6) is 0 Å². The number of piperidine rings is 1. The topological polar surface area (TPSA) is 79.0 Å². The molecule has 1 N–H and O–H groups in total. The van der Waals surface area contributed by atoms with Crippen molar-refractivity contribution in [2.45, 2.75) is 51.1 Å². The lowest BCUT2D eigenvalue weighted by Crippen LogP contribution is -2.59. The van der Waals surface area contributed by atoms with Crippen molar-refractivity contribution in [3.63, 3.8) is 0 Å². The highest BCUT2D eigenvalue weighted by Gasteiger charge is 2.35. The van der Waals surface area contributed by atoms with Gasteiger partial charge in [0, 0.05) is 25.7 Å². The molecule has 0 aliphatic carbocycles. The van der Waals surface area contributed by atoms with E-state index in [9.17, 15) is 14.4 Å². The second kappa shape index (κ2) is 8.29. The Kier molecular flexibility index (Phi) is 6.38. The largest absolute Gasteiger partial charge is 0.469 e. The van der Waals surface area contributed by atoms with E-state index in [1.807, 2.05) is 4.90 Å². The van der Waals surface area contributed by atoms with E-state index >= 15 is 0 Å². The number of carbonyl (C=O) groups excluding carboxylic acids is 3. The van der Waals surface area contributed by atoms with Gasteiger partial charge in [-0.3, -0.25) is 19.3 Å². The highest BCUT2D eigenvalue weighted by Crippen LogP contribution is 2.20. The van der Waals surface area contributed by atoms with Crippen molar-refractivity contribution in [2.24, 2.45) is 0 Å². The van der Waals surface area contributed by atoms with E-state index < -0.39 is 12.0 Å². The van der Waals surface area contributed by atoms with E-state index in [1.165, 1.54) is 13.5 Å². The molecule has 0 unspecified atom stereocenters. The number of nitrogens with zero attached hydrogens (tertiary/aromatic N) is 2. The summed E-state index contributed by atoms with van der Waals surface area (Å²) in [5.41, 5.74) is 0. The van der Waals surface area contributed by atoms with Crippen LogP contribution in [-0.4, -0.2) is 73.0 Å². The third-order valence-electron chi connectivity index (χ3n) is 4.79. The fourth-order valence-corrected chi connectivity index (χ4v) is 3.43. The number of hydrogen-bond donors (Lipinski definition) is 1. The quantitative estimate of drug-likeness (QED) is 0.728. The maximum Gasteiger partial charge on any atom is 0.307 e. The van der Waals surface area contributed by atoms with Gasteiger partial charge in [-0.05, 0) is 25.7 Å². The van der Waals surface area contributed by atoms with Gasteiger partial charge in [-0.1, -0.05) is 6.92 Å². The third-order valence-corrected chi connectivity index (χ3v) is 4.79. The minimum atomic E-state index is -0.620. The van der Waals surface area contributed by atoms with Crippen LogP contribution in [0.4, 0.5) is 0 Å². The van der Waals surface area contributed by atoms with Crippen LogP contribution in [0.15, 0.2) is 0 Å². The lowest BCUT2D eigenvalue weighted by Gasteiger charge is -2.39. The van der Waals surface area contributed by atoms with Crippen LogP contribution in [0.2, 0.25) is 0 Å². The van der Waals surface area contributed by atoms with Gasteiger partial charge in [0.1, 0.15) is 6.04 Å². The van der Waals surface area contributed by atoms with Crippen molar-refractivity contribution in [1.82, 2.24) is 15.1 Å². The number of methoxy groups -OCH3 is 1. The van der Waals surface area contributed by atoms with Gasteiger partial charge in [-0.25, -0.2) is 0 Å². The van der Waals surface area contributed by atoms with Gasteiger partial charge in [-0.15, -0.1) is 0 Å². The van der Waals surface area contributed by atoms with Gasteiger partial charge in [0.2, 0.25) is 11.8 Å². The Balaban J connectivity index is 2.01. The zero-order valence-corrected chi connectivity index (χ0v) is 14.0. The molecule has 7 heteroatoms. The Hall–Kier alpha value is -1.63. The van der Waals surface area contributed by atoms with Gasteiger partial charge in [0.15, 0.2) is 0 Å². The fourth-order valence-electron chi connectivity index (χ4n) is 3.43. The molecule has 0 bridgehead atoms. The SMILES string of the molecule is CC[C@@H]1CCCCN1C(=O)CN1CCNC(=O)[C@H]1CC(=O)OC. The summed E-state index contributed by atoms with van der Waals surface area (Å²) in [5.74, 6) is -0.588. The summed E-state index contributed by atoms with van der Waals surface area (Å²) in [4.78, 5) is 40.0. The molecule has 2 rings (SSSR count). The molecule has 23 heavy (non-hydrogen) atoms. The molecule has 2 atom stereocenters. The standard InChI is InChI=1S/C16H27N3O4/c1-3-12-6-4-5-8-19(12)14(20)11-18-9-7-17-16(22)13(18)10-15(21)23-2/h12-13H,3-11H2,1-2H3,(H,17,22)/t12-,13-/m1/s1. The molecular formula is C16H27N3O4. The van der Waals surface area contributed by atoms with E-state index in [0.717, 1.165) is 25.8 Å². The number of rotatable bonds is 5. The van der Waals surface area contributed by atoms with Crippen molar-refractivity contribution < 1.29 is 19.1 Å². The molecule has 7 nitrogen and oxygen atoms in total. The van der Waals surface area contributed by atoms with Crippen LogP contribution in [0.3, 0.4) is 0 Å². The van der Waals surface area contributed by atoms with Gasteiger partial charge in [0.05, 0.1) is 20.1 Å². The number of piperazine rings is 1. The number of esters is 1. The average Bonchev–Trinajstić information content (AvgIpc) is 2.57. The molecule has 2 amide bonds. The molecule has 2 heterocycles. The lowest BCUT2D eigenvalue weighted by molar-refractivity contribution is -0.148. The highest BCUT2D eigenvalue weighted by molar-refractivity contribution is 5.88. The molecule has 0 aromatic rings. The normalized spacial score (nSPS) is 25.8. The molecule has 2 fully saturated rings. The molecule has 0 spiro atoms. The summed E-state index contributed by atoms with van der Waals surface area (Å²) < 4.78 is 4.66. The maximum absolute atomic E-state index is 12.7. The van der Waals surface area contributed by atoms with Gasteiger partial charge in [-0.2, -0.15) is 0 Å². The predicted octanol–water partition coefficient (Wildman–Crippen LogP) is 0.141. The van der Waals surface area contributed by atoms with Crippen LogP contribution in [0.25, 0.3) is 0 Å². The van der Waals surface area contributed by atoms with Crippen LogP contribution in [-0.2, 0) is 19.1 Å². The van der Waals surface area contributed by atoms with Crippen molar-refractivity contribution in [3.8, 4) is 0 Å². The first-order chi connectivity index (χ1) is 11.1. The number of nitrogens with one attached hydrogen (secondary N) is 1. The van der Waals surface area contributed by atoms with Crippen molar-refractivity contribution in [2.75, 3.05) is 33.3 Å². The number of hydrogen-bond acceptors (Lipinski definition) is 5. The number of amides is 2. The van der Waals surface area contributed by atoms with Gasteiger partial charge < -0.3 is 15.0 Å².